The average Bonchev–Trinajstić information content (AvgIpc) is 3.23. The minimum Gasteiger partial charge on any atom is -0.490 e. The lowest BCUT2D eigenvalue weighted by atomic mass is 9.96. The summed E-state index contributed by atoms with van der Waals surface area (Å²) < 4.78 is 5.86. The van der Waals surface area contributed by atoms with Crippen molar-refractivity contribution in [3.05, 3.63) is 54.1 Å². The minimum absolute atomic E-state index is 0.0317. The van der Waals surface area contributed by atoms with Crippen LogP contribution >= 0.6 is 0 Å². The van der Waals surface area contributed by atoms with Crippen LogP contribution in [-0.2, 0) is 0 Å². The van der Waals surface area contributed by atoms with Gasteiger partial charge in [0.2, 0.25) is 0 Å². The highest BCUT2D eigenvalue weighted by Crippen LogP contribution is 2.32. The number of ether oxygens (including phenoxy) is 1. The second-order valence-corrected chi connectivity index (χ2v) is 5.22. The molecule has 2 aromatic carbocycles. The molecule has 3 rings (SSSR count). The lowest BCUT2D eigenvalue weighted by molar-refractivity contribution is 0.303. The molecule has 0 amide bonds. The second-order valence-electron chi connectivity index (χ2n) is 5.22. The predicted octanol–water partition coefficient (Wildman–Crippen LogP) is 3.91. The molecule has 0 bridgehead atoms. The van der Waals surface area contributed by atoms with E-state index in [2.05, 4.69) is 30.3 Å². The van der Waals surface area contributed by atoms with E-state index in [4.69, 9.17) is 10.5 Å². The van der Waals surface area contributed by atoms with Crippen LogP contribution in [-0.4, -0.2) is 6.10 Å². The smallest absolute Gasteiger partial charge is 0.120 e. The van der Waals surface area contributed by atoms with Gasteiger partial charge < -0.3 is 10.5 Å². The van der Waals surface area contributed by atoms with E-state index >= 15 is 0 Å². The summed E-state index contributed by atoms with van der Waals surface area (Å²) in [5.41, 5.74) is 9.59. The lowest BCUT2D eigenvalue weighted by Crippen LogP contribution is -2.06. The van der Waals surface area contributed by atoms with Crippen LogP contribution in [0, 0.1) is 0 Å². The fourth-order valence-electron chi connectivity index (χ4n) is 2.27. The molecule has 98 valence electrons. The number of rotatable bonds is 4. The summed E-state index contributed by atoms with van der Waals surface area (Å²) in [7, 11) is 0. The molecule has 1 fully saturated rings. The monoisotopic (exact) mass is 253 g/mol. The van der Waals surface area contributed by atoms with E-state index in [0.717, 1.165) is 5.75 Å². The number of benzene rings is 2. The Morgan fingerprint density at radius 3 is 2.63 bits per heavy atom. The molecular formula is C17H19NO. The molecule has 2 heteroatoms. The van der Waals surface area contributed by atoms with Gasteiger partial charge in [0.05, 0.1) is 6.10 Å². The van der Waals surface area contributed by atoms with Gasteiger partial charge in [-0.2, -0.15) is 0 Å². The van der Waals surface area contributed by atoms with Gasteiger partial charge >= 0.3 is 0 Å². The first-order valence-corrected chi connectivity index (χ1v) is 6.85. The second kappa shape index (κ2) is 5.06. The Morgan fingerprint density at radius 1 is 1.11 bits per heavy atom. The van der Waals surface area contributed by atoms with E-state index in [1.807, 2.05) is 25.1 Å². The van der Waals surface area contributed by atoms with Crippen LogP contribution in [0.15, 0.2) is 48.5 Å². The first-order chi connectivity index (χ1) is 9.24. The summed E-state index contributed by atoms with van der Waals surface area (Å²) in [5, 5.41) is 0. The quantitative estimate of drug-likeness (QED) is 0.896. The Balaban J connectivity index is 1.96. The van der Waals surface area contributed by atoms with Crippen molar-refractivity contribution in [2.45, 2.75) is 31.9 Å². The normalized spacial score (nSPS) is 16.1. The molecule has 0 radical (unpaired) electrons. The number of hydrogen-bond donors (Lipinski definition) is 1. The molecule has 2 aromatic rings. The summed E-state index contributed by atoms with van der Waals surface area (Å²) in [6.07, 6.45) is 2.79. The molecule has 2 nitrogen and oxygen atoms in total. The first-order valence-electron chi connectivity index (χ1n) is 6.85. The topological polar surface area (TPSA) is 35.2 Å². The van der Waals surface area contributed by atoms with Crippen molar-refractivity contribution in [2.24, 2.45) is 5.73 Å². The van der Waals surface area contributed by atoms with Gasteiger partial charge in [-0.15, -0.1) is 0 Å². The lowest BCUT2D eigenvalue weighted by Gasteiger charge is -2.14. The zero-order chi connectivity index (χ0) is 13.2. The van der Waals surface area contributed by atoms with Gasteiger partial charge in [-0.3, -0.25) is 0 Å². The van der Waals surface area contributed by atoms with Crippen molar-refractivity contribution in [1.29, 1.82) is 0 Å². The van der Waals surface area contributed by atoms with Crippen LogP contribution < -0.4 is 10.5 Å². The molecule has 1 atom stereocenters. The highest BCUT2D eigenvalue weighted by Gasteiger charge is 2.23. The summed E-state index contributed by atoms with van der Waals surface area (Å²) in [5.74, 6) is 0.958. The molecule has 0 heterocycles. The van der Waals surface area contributed by atoms with Crippen molar-refractivity contribution in [3.8, 4) is 16.9 Å². The fraction of sp³-hybridized carbons (Fsp3) is 0.294. The van der Waals surface area contributed by atoms with Gasteiger partial charge in [-0.05, 0) is 48.6 Å². The third-order valence-corrected chi connectivity index (χ3v) is 3.42. The fourth-order valence-corrected chi connectivity index (χ4v) is 2.27. The Kier molecular flexibility index (Phi) is 3.26. The Bertz CT molecular complexity index is 573. The van der Waals surface area contributed by atoms with Gasteiger partial charge in [-0.25, -0.2) is 0 Å². The van der Waals surface area contributed by atoms with Crippen molar-refractivity contribution in [1.82, 2.24) is 0 Å². The molecule has 1 saturated carbocycles. The third kappa shape index (κ3) is 2.79. The highest BCUT2D eigenvalue weighted by atomic mass is 16.5. The Morgan fingerprint density at radius 2 is 1.89 bits per heavy atom. The molecule has 19 heavy (non-hydrogen) atoms. The molecule has 1 unspecified atom stereocenters. The molecule has 0 aromatic heterocycles. The average molecular weight is 253 g/mol. The number of hydrogen-bond acceptors (Lipinski definition) is 2. The molecular weight excluding hydrogens is 234 g/mol. The summed E-state index contributed by atoms with van der Waals surface area (Å²) >= 11 is 0. The minimum atomic E-state index is 0.0317. The maximum absolute atomic E-state index is 6.05. The van der Waals surface area contributed by atoms with Crippen LogP contribution in [0.2, 0.25) is 0 Å². The van der Waals surface area contributed by atoms with Crippen molar-refractivity contribution in [3.63, 3.8) is 0 Å². The highest BCUT2D eigenvalue weighted by molar-refractivity contribution is 5.69. The standard InChI is InChI=1S/C17H19NO/c1-12(18)16-7-2-3-8-17(16)13-5-4-6-15(11-13)19-14-9-10-14/h2-8,11-12,14H,9-10,18H2,1H3. The molecule has 2 N–H and O–H groups in total. The van der Waals surface area contributed by atoms with Crippen LogP contribution in [0.3, 0.4) is 0 Å². The van der Waals surface area contributed by atoms with E-state index in [-0.39, 0.29) is 6.04 Å². The van der Waals surface area contributed by atoms with E-state index in [1.54, 1.807) is 0 Å². The maximum atomic E-state index is 6.05. The number of nitrogens with two attached hydrogens (primary N) is 1. The Labute approximate surface area is 114 Å². The van der Waals surface area contributed by atoms with Crippen molar-refractivity contribution in [2.75, 3.05) is 0 Å². The molecule has 1 aliphatic rings. The van der Waals surface area contributed by atoms with Crippen molar-refractivity contribution >= 4 is 0 Å². The van der Waals surface area contributed by atoms with Gasteiger partial charge in [0.15, 0.2) is 0 Å². The third-order valence-electron chi connectivity index (χ3n) is 3.42. The SMILES string of the molecule is CC(N)c1ccccc1-c1cccc(OC2CC2)c1. The largest absolute Gasteiger partial charge is 0.490 e. The van der Waals surface area contributed by atoms with E-state index in [9.17, 15) is 0 Å². The summed E-state index contributed by atoms with van der Waals surface area (Å²) in [4.78, 5) is 0. The summed E-state index contributed by atoms with van der Waals surface area (Å²) in [6, 6.07) is 16.6. The van der Waals surface area contributed by atoms with Gasteiger partial charge in [0.1, 0.15) is 5.75 Å². The molecule has 1 aliphatic carbocycles. The summed E-state index contributed by atoms with van der Waals surface area (Å²) in [6.45, 7) is 2.02. The first kappa shape index (κ1) is 12.2. The molecule has 0 spiro atoms. The van der Waals surface area contributed by atoms with E-state index < -0.39 is 0 Å². The predicted molar refractivity (Wildman–Crippen MR) is 78.1 cm³/mol. The van der Waals surface area contributed by atoms with Crippen LogP contribution in [0.1, 0.15) is 31.4 Å². The zero-order valence-corrected chi connectivity index (χ0v) is 11.2. The Hall–Kier alpha value is -1.80. The maximum Gasteiger partial charge on any atom is 0.120 e. The molecule has 0 saturated heterocycles. The van der Waals surface area contributed by atoms with Crippen LogP contribution in [0.5, 0.6) is 5.75 Å². The zero-order valence-electron chi connectivity index (χ0n) is 11.2. The van der Waals surface area contributed by atoms with Gasteiger partial charge in [-0.1, -0.05) is 36.4 Å². The molecule has 0 aliphatic heterocycles. The van der Waals surface area contributed by atoms with Gasteiger partial charge in [0.25, 0.3) is 0 Å². The van der Waals surface area contributed by atoms with Gasteiger partial charge in [0, 0.05) is 6.04 Å². The van der Waals surface area contributed by atoms with E-state index in [0.29, 0.717) is 6.10 Å². The van der Waals surface area contributed by atoms with Crippen LogP contribution in [0.4, 0.5) is 0 Å². The van der Waals surface area contributed by atoms with Crippen LogP contribution in [0.25, 0.3) is 11.1 Å². The van der Waals surface area contributed by atoms with E-state index in [1.165, 1.54) is 29.5 Å². The van der Waals surface area contributed by atoms with Crippen molar-refractivity contribution < 1.29 is 4.74 Å².